The molecule has 0 N–H and O–H groups in total. The predicted octanol–water partition coefficient (Wildman–Crippen LogP) is 6.01. The smallest absolute Gasteiger partial charge is 0.311 e. The third-order valence-electron chi connectivity index (χ3n) is 5.46. The maximum Gasteiger partial charge on any atom is 0.311 e. The van der Waals surface area contributed by atoms with Crippen molar-refractivity contribution in [2.24, 2.45) is 5.10 Å². The van der Waals surface area contributed by atoms with Crippen LogP contribution >= 0.6 is 15.9 Å². The van der Waals surface area contributed by atoms with E-state index in [0.29, 0.717) is 34.3 Å². The number of hydrogen-bond acceptors (Lipinski definition) is 6. The van der Waals surface area contributed by atoms with Gasteiger partial charge in [0.05, 0.1) is 22.0 Å². The van der Waals surface area contributed by atoms with E-state index in [1.165, 1.54) is 47.3 Å². The first-order valence-corrected chi connectivity index (χ1v) is 12.1. The molecule has 0 atom stereocenters. The Morgan fingerprint density at radius 2 is 1.97 bits per heavy atom. The zero-order valence-electron chi connectivity index (χ0n) is 19.4. The van der Waals surface area contributed by atoms with Gasteiger partial charge in [0, 0.05) is 22.5 Å². The Morgan fingerprint density at radius 1 is 1.19 bits per heavy atom. The minimum absolute atomic E-state index is 0.00442. The fourth-order valence-corrected chi connectivity index (χ4v) is 3.97. The van der Waals surface area contributed by atoms with Gasteiger partial charge in [-0.15, -0.1) is 0 Å². The molecule has 0 fully saturated rings. The lowest BCUT2D eigenvalue weighted by atomic mass is 10.2. The standard InChI is InChI=1S/C26H22BrFN4O4/c1-2-3-7-24-30-22-13-10-19(27)14-21(22)26(33)31(24)29-15-18-5-4-6-23(32(34)35)25(18)36-16-17-8-11-20(28)12-9-17/h4-6,8-15H,2-3,7,16H2,1H3. The van der Waals surface area contributed by atoms with E-state index in [1.807, 2.05) is 13.0 Å². The summed E-state index contributed by atoms with van der Waals surface area (Å²) in [5.41, 5.74) is 0.927. The Morgan fingerprint density at radius 3 is 2.69 bits per heavy atom. The number of aromatic nitrogens is 2. The van der Waals surface area contributed by atoms with Crippen LogP contribution in [0.5, 0.6) is 5.75 Å². The summed E-state index contributed by atoms with van der Waals surface area (Å²) >= 11 is 3.38. The molecule has 1 aromatic heterocycles. The Labute approximate surface area is 214 Å². The van der Waals surface area contributed by atoms with Crippen LogP contribution in [0.25, 0.3) is 10.9 Å². The number of unbranched alkanes of at least 4 members (excludes halogenated alkanes) is 1. The van der Waals surface area contributed by atoms with Crippen LogP contribution in [0.3, 0.4) is 0 Å². The van der Waals surface area contributed by atoms with Crippen LogP contribution < -0.4 is 10.3 Å². The molecular weight excluding hydrogens is 531 g/mol. The summed E-state index contributed by atoms with van der Waals surface area (Å²) in [7, 11) is 0. The normalized spacial score (nSPS) is 11.3. The predicted molar refractivity (Wildman–Crippen MR) is 139 cm³/mol. The van der Waals surface area contributed by atoms with E-state index in [0.717, 1.165) is 17.3 Å². The summed E-state index contributed by atoms with van der Waals surface area (Å²) in [6.07, 6.45) is 3.62. The van der Waals surface area contributed by atoms with Gasteiger partial charge in [0.1, 0.15) is 18.2 Å². The number of ether oxygens (including phenoxy) is 1. The third kappa shape index (κ3) is 5.65. The first-order chi connectivity index (χ1) is 17.4. The van der Waals surface area contributed by atoms with Crippen LogP contribution in [0.15, 0.2) is 75.0 Å². The van der Waals surface area contributed by atoms with Gasteiger partial charge < -0.3 is 4.74 Å². The minimum Gasteiger partial charge on any atom is -0.481 e. The number of fused-ring (bicyclic) bond motifs is 1. The molecule has 0 saturated carbocycles. The molecule has 3 aromatic carbocycles. The Bertz CT molecular complexity index is 1500. The molecule has 36 heavy (non-hydrogen) atoms. The number of benzene rings is 3. The van der Waals surface area contributed by atoms with Crippen molar-refractivity contribution in [2.45, 2.75) is 32.8 Å². The highest BCUT2D eigenvalue weighted by Crippen LogP contribution is 2.31. The number of hydrogen-bond donors (Lipinski definition) is 0. The van der Waals surface area contributed by atoms with Gasteiger partial charge in [-0.1, -0.05) is 47.5 Å². The molecule has 0 aliphatic heterocycles. The van der Waals surface area contributed by atoms with Crippen molar-refractivity contribution in [1.82, 2.24) is 9.66 Å². The van der Waals surface area contributed by atoms with Crippen molar-refractivity contribution >= 4 is 38.7 Å². The van der Waals surface area contributed by atoms with Gasteiger partial charge in [0.15, 0.2) is 0 Å². The van der Waals surface area contributed by atoms with Gasteiger partial charge in [0.2, 0.25) is 5.75 Å². The summed E-state index contributed by atoms with van der Waals surface area (Å²) in [4.78, 5) is 29.1. The molecule has 0 amide bonds. The number of halogens is 2. The van der Waals surface area contributed by atoms with Crippen LogP contribution in [0.2, 0.25) is 0 Å². The molecule has 0 spiro atoms. The summed E-state index contributed by atoms with van der Waals surface area (Å²) in [6, 6.07) is 15.4. The lowest BCUT2D eigenvalue weighted by molar-refractivity contribution is -0.385. The molecule has 0 aliphatic rings. The zero-order valence-corrected chi connectivity index (χ0v) is 20.9. The molecule has 0 aliphatic carbocycles. The first kappa shape index (κ1) is 25.2. The van der Waals surface area contributed by atoms with Crippen LogP contribution in [0, 0.1) is 15.9 Å². The molecule has 0 saturated heterocycles. The Balaban J connectivity index is 1.76. The van der Waals surface area contributed by atoms with Gasteiger partial charge in [-0.3, -0.25) is 14.9 Å². The molecule has 4 aromatic rings. The van der Waals surface area contributed by atoms with Crippen molar-refractivity contribution in [1.29, 1.82) is 0 Å². The highest BCUT2D eigenvalue weighted by Gasteiger charge is 2.19. The highest BCUT2D eigenvalue weighted by molar-refractivity contribution is 9.10. The van der Waals surface area contributed by atoms with Crippen LogP contribution in [-0.4, -0.2) is 20.8 Å². The van der Waals surface area contributed by atoms with E-state index < -0.39 is 10.7 Å². The quantitative estimate of drug-likeness (QED) is 0.144. The molecule has 10 heteroatoms. The second-order valence-electron chi connectivity index (χ2n) is 8.02. The van der Waals surface area contributed by atoms with Gasteiger partial charge in [0.25, 0.3) is 5.56 Å². The average Bonchev–Trinajstić information content (AvgIpc) is 2.87. The van der Waals surface area contributed by atoms with E-state index in [9.17, 15) is 19.3 Å². The maximum atomic E-state index is 13.3. The molecule has 8 nitrogen and oxygen atoms in total. The van der Waals surface area contributed by atoms with Crippen molar-refractivity contribution in [3.8, 4) is 5.75 Å². The van der Waals surface area contributed by atoms with Gasteiger partial charge in [-0.2, -0.15) is 9.78 Å². The molecule has 184 valence electrons. The molecule has 0 unspecified atom stereocenters. The third-order valence-corrected chi connectivity index (χ3v) is 5.95. The monoisotopic (exact) mass is 552 g/mol. The van der Waals surface area contributed by atoms with Gasteiger partial charge >= 0.3 is 5.69 Å². The summed E-state index contributed by atoms with van der Waals surface area (Å²) in [5, 5.41) is 16.5. The molecular formula is C26H22BrFN4O4. The molecule has 0 bridgehead atoms. The van der Waals surface area contributed by atoms with Crippen molar-refractivity contribution < 1.29 is 14.1 Å². The summed E-state index contributed by atoms with van der Waals surface area (Å²) in [6.45, 7) is 2.02. The van der Waals surface area contributed by atoms with Crippen LogP contribution in [0.4, 0.5) is 10.1 Å². The number of nitro groups is 1. The number of aryl methyl sites for hydroxylation is 1. The van der Waals surface area contributed by atoms with E-state index in [4.69, 9.17) is 4.74 Å². The fourth-order valence-electron chi connectivity index (χ4n) is 3.61. The van der Waals surface area contributed by atoms with Crippen LogP contribution in [-0.2, 0) is 13.0 Å². The van der Waals surface area contributed by atoms with Gasteiger partial charge in [-0.25, -0.2) is 9.37 Å². The number of rotatable bonds is 9. The number of nitro benzene ring substituents is 1. The van der Waals surface area contributed by atoms with E-state index in [2.05, 4.69) is 26.0 Å². The van der Waals surface area contributed by atoms with Crippen molar-refractivity contribution in [3.05, 3.63) is 108 Å². The maximum absolute atomic E-state index is 13.3. The topological polar surface area (TPSA) is 99.6 Å². The first-order valence-electron chi connectivity index (χ1n) is 11.3. The molecule has 4 rings (SSSR count). The summed E-state index contributed by atoms with van der Waals surface area (Å²) < 4.78 is 21.0. The highest BCUT2D eigenvalue weighted by atomic mass is 79.9. The SMILES string of the molecule is CCCCc1nc2ccc(Br)cc2c(=O)n1N=Cc1cccc([N+](=O)[O-])c1OCc1ccc(F)cc1. The Kier molecular flexibility index (Phi) is 7.84. The number of nitrogens with zero attached hydrogens (tertiary/aromatic N) is 4. The van der Waals surface area contributed by atoms with Crippen LogP contribution in [0.1, 0.15) is 36.7 Å². The van der Waals surface area contributed by atoms with Crippen molar-refractivity contribution in [3.63, 3.8) is 0 Å². The van der Waals surface area contributed by atoms with E-state index >= 15 is 0 Å². The second-order valence-corrected chi connectivity index (χ2v) is 8.94. The Hall–Kier alpha value is -3.92. The number of para-hydroxylation sites is 1. The average molecular weight is 553 g/mol. The largest absolute Gasteiger partial charge is 0.481 e. The lowest BCUT2D eigenvalue weighted by Crippen LogP contribution is -2.22. The lowest BCUT2D eigenvalue weighted by Gasteiger charge is -2.11. The van der Waals surface area contributed by atoms with E-state index in [1.54, 1.807) is 18.2 Å². The molecule has 0 radical (unpaired) electrons. The second kappa shape index (κ2) is 11.2. The molecule has 1 heterocycles. The van der Waals surface area contributed by atoms with E-state index in [-0.39, 0.29) is 23.6 Å². The van der Waals surface area contributed by atoms with Crippen molar-refractivity contribution in [2.75, 3.05) is 0 Å². The summed E-state index contributed by atoms with van der Waals surface area (Å²) in [5.74, 6) is 0.0972. The fraction of sp³-hybridized carbons (Fsp3) is 0.192. The van der Waals surface area contributed by atoms with Gasteiger partial charge in [-0.05, 0) is 48.4 Å². The zero-order chi connectivity index (χ0) is 25.7. The minimum atomic E-state index is -0.550.